The molecular weight excluding hydrogens is 378 g/mol. The number of benzene rings is 1. The van der Waals surface area contributed by atoms with Gasteiger partial charge in [0.15, 0.2) is 0 Å². The molecule has 0 aliphatic carbocycles. The summed E-state index contributed by atoms with van der Waals surface area (Å²) < 4.78 is 32.1. The Morgan fingerprint density at radius 2 is 2.04 bits per heavy atom. The van der Waals surface area contributed by atoms with Crippen LogP contribution in [0, 0.1) is 6.92 Å². The monoisotopic (exact) mass is 397 g/mol. The molecule has 140 valence electrons. The minimum absolute atomic E-state index is 0.00313. The van der Waals surface area contributed by atoms with Crippen LogP contribution in [-0.2, 0) is 16.4 Å². The molecule has 1 aliphatic heterocycles. The predicted molar refractivity (Wildman–Crippen MR) is 98.0 cm³/mol. The van der Waals surface area contributed by atoms with Crippen molar-refractivity contribution in [1.29, 1.82) is 0 Å². The molecule has 0 bridgehead atoms. The lowest BCUT2D eigenvalue weighted by molar-refractivity contribution is 0.102. The van der Waals surface area contributed by atoms with Gasteiger partial charge in [-0.25, -0.2) is 8.42 Å². The first-order valence-corrected chi connectivity index (χ1v) is 10.2. The molecule has 9 heteroatoms. The minimum Gasteiger partial charge on any atom is -0.361 e. The molecule has 2 aromatic rings. The highest BCUT2D eigenvalue weighted by atomic mass is 35.5. The number of halogens is 1. The van der Waals surface area contributed by atoms with Gasteiger partial charge in [-0.2, -0.15) is 4.31 Å². The van der Waals surface area contributed by atoms with E-state index in [9.17, 15) is 13.2 Å². The Hall–Kier alpha value is -1.90. The summed E-state index contributed by atoms with van der Waals surface area (Å²) in [4.78, 5) is 12.6. The molecule has 1 aromatic carbocycles. The lowest BCUT2D eigenvalue weighted by Crippen LogP contribution is -2.28. The molecule has 3 rings (SSSR count). The number of hydrogen-bond acceptors (Lipinski definition) is 5. The molecule has 0 saturated carbocycles. The van der Waals surface area contributed by atoms with Crippen molar-refractivity contribution in [3.63, 3.8) is 0 Å². The van der Waals surface area contributed by atoms with E-state index in [0.29, 0.717) is 42.2 Å². The van der Waals surface area contributed by atoms with Crippen molar-refractivity contribution in [3.8, 4) is 0 Å². The summed E-state index contributed by atoms with van der Waals surface area (Å²) in [5.41, 5.74) is 1.27. The van der Waals surface area contributed by atoms with Crippen LogP contribution in [0.5, 0.6) is 0 Å². The highest BCUT2D eigenvalue weighted by Crippen LogP contribution is 2.30. The van der Waals surface area contributed by atoms with Crippen molar-refractivity contribution in [1.82, 2.24) is 9.46 Å². The van der Waals surface area contributed by atoms with Crippen LogP contribution in [0.15, 0.2) is 27.6 Å². The number of aryl methyl sites for hydroxylation is 2. The number of aromatic nitrogens is 1. The van der Waals surface area contributed by atoms with Crippen LogP contribution < -0.4 is 5.32 Å². The summed E-state index contributed by atoms with van der Waals surface area (Å²) in [6.07, 6.45) is 2.22. The molecule has 2 heterocycles. The predicted octanol–water partition coefficient (Wildman–Crippen LogP) is 3.24. The normalized spacial score (nSPS) is 15.3. The second-order valence-electron chi connectivity index (χ2n) is 6.12. The quantitative estimate of drug-likeness (QED) is 0.836. The second-order valence-corrected chi connectivity index (χ2v) is 8.44. The standard InChI is InChI=1S/C17H20ClN3O4S/c1-3-14-16(11(2)25-20-14)17(22)19-12-6-7-13(18)15(10-12)26(23,24)21-8-4-5-9-21/h6-7,10H,3-5,8-9H2,1-2H3,(H,19,22). The average Bonchev–Trinajstić information content (AvgIpc) is 3.26. The van der Waals surface area contributed by atoms with Gasteiger partial charge >= 0.3 is 0 Å². The average molecular weight is 398 g/mol. The van der Waals surface area contributed by atoms with E-state index in [0.717, 1.165) is 12.8 Å². The Labute approximate surface area is 157 Å². The Bertz CT molecular complexity index is 933. The lowest BCUT2D eigenvalue weighted by Gasteiger charge is -2.17. The topological polar surface area (TPSA) is 92.5 Å². The van der Waals surface area contributed by atoms with E-state index in [1.165, 1.54) is 16.4 Å². The van der Waals surface area contributed by atoms with Gasteiger partial charge in [0.1, 0.15) is 16.2 Å². The van der Waals surface area contributed by atoms with E-state index in [2.05, 4.69) is 10.5 Å². The van der Waals surface area contributed by atoms with Crippen LogP contribution in [0.3, 0.4) is 0 Å². The highest BCUT2D eigenvalue weighted by molar-refractivity contribution is 7.89. The number of hydrogen-bond donors (Lipinski definition) is 1. The molecule has 1 aromatic heterocycles. The van der Waals surface area contributed by atoms with Gasteiger partial charge in [-0.1, -0.05) is 23.7 Å². The van der Waals surface area contributed by atoms with E-state index < -0.39 is 15.9 Å². The lowest BCUT2D eigenvalue weighted by atomic mass is 10.1. The van der Waals surface area contributed by atoms with Crippen molar-refractivity contribution in [2.75, 3.05) is 18.4 Å². The van der Waals surface area contributed by atoms with E-state index in [4.69, 9.17) is 16.1 Å². The fraction of sp³-hybridized carbons (Fsp3) is 0.412. The molecule has 7 nitrogen and oxygen atoms in total. The maximum Gasteiger partial charge on any atom is 0.261 e. The Morgan fingerprint density at radius 3 is 2.69 bits per heavy atom. The van der Waals surface area contributed by atoms with Crippen LogP contribution in [0.2, 0.25) is 5.02 Å². The van der Waals surface area contributed by atoms with Crippen LogP contribution >= 0.6 is 11.6 Å². The highest BCUT2D eigenvalue weighted by Gasteiger charge is 2.29. The molecule has 0 radical (unpaired) electrons. The van der Waals surface area contributed by atoms with Crippen LogP contribution in [0.25, 0.3) is 0 Å². The fourth-order valence-electron chi connectivity index (χ4n) is 2.99. The molecule has 0 spiro atoms. The summed E-state index contributed by atoms with van der Waals surface area (Å²) in [6.45, 7) is 4.49. The Kier molecular flexibility index (Phi) is 5.36. The SMILES string of the molecule is CCc1noc(C)c1C(=O)Nc1ccc(Cl)c(S(=O)(=O)N2CCCC2)c1. The van der Waals surface area contributed by atoms with Crippen LogP contribution in [0.4, 0.5) is 5.69 Å². The molecule has 1 aliphatic rings. The zero-order valence-corrected chi connectivity index (χ0v) is 16.2. The number of nitrogens with one attached hydrogen (secondary N) is 1. The zero-order valence-electron chi connectivity index (χ0n) is 14.6. The first kappa shape index (κ1) is 18.9. The summed E-state index contributed by atoms with van der Waals surface area (Å²) in [7, 11) is -3.68. The van der Waals surface area contributed by atoms with E-state index >= 15 is 0 Å². The third-order valence-corrected chi connectivity index (χ3v) is 6.75. The van der Waals surface area contributed by atoms with Crippen molar-refractivity contribution >= 4 is 33.2 Å². The molecule has 0 unspecified atom stereocenters. The maximum atomic E-state index is 12.8. The number of carbonyl (C=O) groups is 1. The van der Waals surface area contributed by atoms with Gasteiger partial charge in [0.05, 0.1) is 10.7 Å². The van der Waals surface area contributed by atoms with Crippen molar-refractivity contribution < 1.29 is 17.7 Å². The number of nitrogens with zero attached hydrogens (tertiary/aromatic N) is 2. The third-order valence-electron chi connectivity index (χ3n) is 4.37. The molecule has 1 fully saturated rings. The molecule has 0 atom stereocenters. The van der Waals surface area contributed by atoms with Crippen LogP contribution in [0.1, 0.15) is 41.6 Å². The van der Waals surface area contributed by atoms with Crippen molar-refractivity contribution in [3.05, 3.63) is 40.2 Å². The van der Waals surface area contributed by atoms with Gasteiger partial charge < -0.3 is 9.84 Å². The number of anilines is 1. The number of rotatable bonds is 5. The molecular formula is C17H20ClN3O4S. The minimum atomic E-state index is -3.68. The van der Waals surface area contributed by atoms with Gasteiger partial charge in [0.25, 0.3) is 5.91 Å². The van der Waals surface area contributed by atoms with E-state index in [1.807, 2.05) is 6.92 Å². The Morgan fingerprint density at radius 1 is 1.35 bits per heavy atom. The second kappa shape index (κ2) is 7.38. The van der Waals surface area contributed by atoms with E-state index in [-0.39, 0.29) is 9.92 Å². The fourth-order valence-corrected chi connectivity index (χ4v) is 5.01. The van der Waals surface area contributed by atoms with Crippen molar-refractivity contribution in [2.45, 2.75) is 38.0 Å². The molecule has 26 heavy (non-hydrogen) atoms. The summed E-state index contributed by atoms with van der Waals surface area (Å²) in [5, 5.41) is 6.70. The van der Waals surface area contributed by atoms with Crippen LogP contribution in [-0.4, -0.2) is 36.9 Å². The number of sulfonamides is 1. The molecule has 1 N–H and O–H groups in total. The Balaban J connectivity index is 1.90. The van der Waals surface area contributed by atoms with Gasteiger partial charge in [0, 0.05) is 18.8 Å². The van der Waals surface area contributed by atoms with E-state index in [1.54, 1.807) is 13.0 Å². The number of carbonyl (C=O) groups excluding carboxylic acids is 1. The maximum absolute atomic E-state index is 12.8. The smallest absolute Gasteiger partial charge is 0.261 e. The zero-order chi connectivity index (χ0) is 18.9. The summed E-state index contributed by atoms with van der Waals surface area (Å²) in [5.74, 6) is 0.0191. The van der Waals surface area contributed by atoms with Gasteiger partial charge in [-0.05, 0) is 44.4 Å². The van der Waals surface area contributed by atoms with Gasteiger partial charge in [-0.15, -0.1) is 0 Å². The molecule has 1 amide bonds. The first-order chi connectivity index (χ1) is 12.3. The third kappa shape index (κ3) is 3.49. The van der Waals surface area contributed by atoms with Gasteiger partial charge in [0.2, 0.25) is 10.0 Å². The number of amides is 1. The largest absolute Gasteiger partial charge is 0.361 e. The first-order valence-electron chi connectivity index (χ1n) is 8.40. The summed E-state index contributed by atoms with van der Waals surface area (Å²) in [6, 6.07) is 4.43. The van der Waals surface area contributed by atoms with Crippen molar-refractivity contribution in [2.24, 2.45) is 0 Å². The molecule has 1 saturated heterocycles. The van der Waals surface area contributed by atoms with Gasteiger partial charge in [-0.3, -0.25) is 4.79 Å². The summed E-state index contributed by atoms with van der Waals surface area (Å²) >= 11 is 6.12.